The molecule has 0 spiro atoms. The molecule has 0 aliphatic carbocycles. The van der Waals surface area contributed by atoms with Crippen LogP contribution in [0.1, 0.15) is 52.2 Å². The summed E-state index contributed by atoms with van der Waals surface area (Å²) >= 11 is 5.99. The first-order chi connectivity index (χ1) is 14.6. The summed E-state index contributed by atoms with van der Waals surface area (Å²) in [7, 11) is 0. The van der Waals surface area contributed by atoms with Crippen molar-refractivity contribution in [3.63, 3.8) is 0 Å². The molecule has 0 bridgehead atoms. The Hall–Kier alpha value is -2.53. The molecule has 2 aromatic carbocycles. The number of halogens is 1. The van der Waals surface area contributed by atoms with E-state index in [1.54, 1.807) is 24.0 Å². The van der Waals surface area contributed by atoms with E-state index >= 15 is 0 Å². The molecule has 2 amide bonds. The smallest absolute Gasteiger partial charge is 0.261 e. The molecule has 2 aromatic rings. The molecule has 0 aliphatic rings. The number of rotatable bonds is 9. The van der Waals surface area contributed by atoms with Gasteiger partial charge in [0.25, 0.3) is 5.91 Å². The van der Waals surface area contributed by atoms with Gasteiger partial charge in [0.05, 0.1) is 0 Å². The van der Waals surface area contributed by atoms with Gasteiger partial charge >= 0.3 is 0 Å². The molecule has 31 heavy (non-hydrogen) atoms. The lowest BCUT2D eigenvalue weighted by atomic mass is 9.86. The first-order valence-electron chi connectivity index (χ1n) is 10.7. The highest BCUT2D eigenvalue weighted by molar-refractivity contribution is 6.30. The van der Waals surface area contributed by atoms with Crippen molar-refractivity contribution >= 4 is 23.4 Å². The monoisotopic (exact) mass is 444 g/mol. The SMILES string of the molecule is CCCNC(=O)[C@@H](C)N(Cc1ccc(Cl)cc1)C(=O)COc1ccccc1C(C)(C)C. The van der Waals surface area contributed by atoms with Crippen LogP contribution in [0.25, 0.3) is 0 Å². The van der Waals surface area contributed by atoms with Gasteiger partial charge in [-0.15, -0.1) is 0 Å². The third kappa shape index (κ3) is 7.28. The van der Waals surface area contributed by atoms with E-state index in [-0.39, 0.29) is 23.8 Å². The molecule has 0 saturated heterocycles. The molecule has 2 rings (SSSR count). The summed E-state index contributed by atoms with van der Waals surface area (Å²) in [6.07, 6.45) is 0.830. The number of carbonyl (C=O) groups excluding carboxylic acids is 2. The minimum Gasteiger partial charge on any atom is -0.483 e. The molecule has 0 heterocycles. The largest absolute Gasteiger partial charge is 0.483 e. The van der Waals surface area contributed by atoms with E-state index in [0.717, 1.165) is 17.5 Å². The molecular formula is C25H33ClN2O3. The van der Waals surface area contributed by atoms with Crippen LogP contribution in [0.4, 0.5) is 0 Å². The predicted octanol–water partition coefficient (Wildman–Crippen LogP) is 4.96. The van der Waals surface area contributed by atoms with E-state index in [1.165, 1.54) is 0 Å². The Morgan fingerprint density at radius 2 is 1.74 bits per heavy atom. The van der Waals surface area contributed by atoms with Crippen molar-refractivity contribution in [3.8, 4) is 5.75 Å². The summed E-state index contributed by atoms with van der Waals surface area (Å²) < 4.78 is 5.93. The quantitative estimate of drug-likeness (QED) is 0.594. The Kier molecular flexibility index (Phi) is 8.93. The van der Waals surface area contributed by atoms with E-state index in [2.05, 4.69) is 26.1 Å². The van der Waals surface area contributed by atoms with Crippen LogP contribution < -0.4 is 10.1 Å². The molecule has 0 aromatic heterocycles. The number of benzene rings is 2. The van der Waals surface area contributed by atoms with Crippen molar-refractivity contribution in [1.82, 2.24) is 10.2 Å². The van der Waals surface area contributed by atoms with Crippen LogP contribution in [0.2, 0.25) is 5.02 Å². The lowest BCUT2D eigenvalue weighted by molar-refractivity contribution is -0.142. The average molecular weight is 445 g/mol. The molecule has 6 heteroatoms. The Balaban J connectivity index is 2.19. The fraction of sp³-hybridized carbons (Fsp3) is 0.440. The first kappa shape index (κ1) is 24.7. The van der Waals surface area contributed by atoms with Gasteiger partial charge in [-0.3, -0.25) is 9.59 Å². The molecule has 0 radical (unpaired) electrons. The molecule has 1 atom stereocenters. The number of para-hydroxylation sites is 1. The zero-order valence-electron chi connectivity index (χ0n) is 19.1. The zero-order chi connectivity index (χ0) is 23.0. The molecule has 1 N–H and O–H groups in total. The minimum absolute atomic E-state index is 0.115. The van der Waals surface area contributed by atoms with Crippen LogP contribution in [0, 0.1) is 0 Å². The van der Waals surface area contributed by atoms with Gasteiger partial charge in [0.15, 0.2) is 6.61 Å². The Morgan fingerprint density at radius 3 is 2.35 bits per heavy atom. The third-order valence-electron chi connectivity index (χ3n) is 5.03. The van der Waals surface area contributed by atoms with Crippen molar-refractivity contribution in [2.45, 2.75) is 59.0 Å². The molecule has 0 fully saturated rings. The number of nitrogens with zero attached hydrogens (tertiary/aromatic N) is 1. The highest BCUT2D eigenvalue weighted by Crippen LogP contribution is 2.31. The molecule has 0 aliphatic heterocycles. The van der Waals surface area contributed by atoms with Crippen molar-refractivity contribution in [3.05, 3.63) is 64.7 Å². The van der Waals surface area contributed by atoms with Crippen LogP contribution in [0.5, 0.6) is 5.75 Å². The number of ether oxygens (including phenoxy) is 1. The lowest BCUT2D eigenvalue weighted by Gasteiger charge is -2.29. The van der Waals surface area contributed by atoms with Crippen molar-refractivity contribution < 1.29 is 14.3 Å². The summed E-state index contributed by atoms with van der Waals surface area (Å²) in [6, 6.07) is 14.4. The zero-order valence-corrected chi connectivity index (χ0v) is 19.8. The van der Waals surface area contributed by atoms with E-state index in [4.69, 9.17) is 16.3 Å². The normalized spacial score (nSPS) is 12.2. The van der Waals surface area contributed by atoms with Gasteiger partial charge in [-0.2, -0.15) is 0 Å². The Labute approximate surface area is 190 Å². The van der Waals surface area contributed by atoms with Crippen LogP contribution in [-0.2, 0) is 21.5 Å². The van der Waals surface area contributed by atoms with Crippen LogP contribution in [0.15, 0.2) is 48.5 Å². The Bertz CT molecular complexity index is 875. The van der Waals surface area contributed by atoms with Crippen molar-refractivity contribution in [2.75, 3.05) is 13.2 Å². The molecule has 168 valence electrons. The summed E-state index contributed by atoms with van der Waals surface area (Å²) in [4.78, 5) is 27.3. The molecular weight excluding hydrogens is 412 g/mol. The second kappa shape index (κ2) is 11.2. The van der Waals surface area contributed by atoms with Crippen LogP contribution >= 0.6 is 11.6 Å². The minimum atomic E-state index is -0.629. The summed E-state index contributed by atoms with van der Waals surface area (Å²) in [5.41, 5.74) is 1.81. The standard InChI is InChI=1S/C25H33ClN2O3/c1-6-15-27-24(30)18(2)28(16-19-11-13-20(26)14-12-19)23(29)17-31-22-10-8-7-9-21(22)25(3,4)5/h7-14,18H,6,15-17H2,1-5H3,(H,27,30)/t18-/m1/s1. The van der Waals surface area contributed by atoms with Gasteiger partial charge in [-0.1, -0.05) is 69.6 Å². The number of amides is 2. The molecule has 5 nitrogen and oxygen atoms in total. The lowest BCUT2D eigenvalue weighted by Crippen LogP contribution is -2.49. The van der Waals surface area contributed by atoms with Gasteiger partial charge in [-0.25, -0.2) is 0 Å². The highest BCUT2D eigenvalue weighted by atomic mass is 35.5. The maximum absolute atomic E-state index is 13.2. The summed E-state index contributed by atoms with van der Waals surface area (Å²) in [6.45, 7) is 10.7. The second-order valence-electron chi connectivity index (χ2n) is 8.65. The van der Waals surface area contributed by atoms with E-state index in [0.29, 0.717) is 23.9 Å². The van der Waals surface area contributed by atoms with Gasteiger partial charge in [0.1, 0.15) is 11.8 Å². The van der Waals surface area contributed by atoms with Gasteiger partial charge in [0.2, 0.25) is 5.91 Å². The van der Waals surface area contributed by atoms with Gasteiger partial charge in [-0.05, 0) is 48.1 Å². The average Bonchev–Trinajstić information content (AvgIpc) is 2.74. The third-order valence-corrected chi connectivity index (χ3v) is 5.28. The van der Waals surface area contributed by atoms with E-state index in [1.807, 2.05) is 43.3 Å². The molecule has 0 unspecified atom stereocenters. The van der Waals surface area contributed by atoms with Gasteiger partial charge < -0.3 is 15.0 Å². The topological polar surface area (TPSA) is 58.6 Å². The molecule has 0 saturated carbocycles. The van der Waals surface area contributed by atoms with Crippen molar-refractivity contribution in [1.29, 1.82) is 0 Å². The maximum Gasteiger partial charge on any atom is 0.261 e. The van der Waals surface area contributed by atoms with Crippen molar-refractivity contribution in [2.24, 2.45) is 0 Å². The van der Waals surface area contributed by atoms with E-state index in [9.17, 15) is 9.59 Å². The summed E-state index contributed by atoms with van der Waals surface area (Å²) in [5.74, 6) is 0.245. The maximum atomic E-state index is 13.2. The number of hydrogen-bond acceptors (Lipinski definition) is 3. The fourth-order valence-electron chi connectivity index (χ4n) is 3.20. The summed E-state index contributed by atoms with van der Waals surface area (Å²) in [5, 5.41) is 3.49. The van der Waals surface area contributed by atoms with E-state index < -0.39 is 6.04 Å². The Morgan fingerprint density at radius 1 is 1.10 bits per heavy atom. The second-order valence-corrected chi connectivity index (χ2v) is 9.09. The van der Waals surface area contributed by atoms with Crippen LogP contribution in [-0.4, -0.2) is 35.9 Å². The number of carbonyl (C=O) groups is 2. The number of hydrogen-bond donors (Lipinski definition) is 1. The first-order valence-corrected chi connectivity index (χ1v) is 11.0. The van der Waals surface area contributed by atoms with Crippen LogP contribution in [0.3, 0.4) is 0 Å². The predicted molar refractivity (Wildman–Crippen MR) is 125 cm³/mol. The highest BCUT2D eigenvalue weighted by Gasteiger charge is 2.27. The fourth-order valence-corrected chi connectivity index (χ4v) is 3.33. The van der Waals surface area contributed by atoms with Gasteiger partial charge in [0, 0.05) is 18.1 Å². The number of nitrogens with one attached hydrogen (secondary N) is 1.